The number of benzene rings is 1. The van der Waals surface area contributed by atoms with Crippen LogP contribution in [0.5, 0.6) is 0 Å². The Hall–Kier alpha value is -5.10. The number of fused-ring (bicyclic) bond motifs is 4. The monoisotopic (exact) mass is 628 g/mol. The van der Waals surface area contributed by atoms with Crippen molar-refractivity contribution in [3.8, 4) is 22.5 Å². The Kier molecular flexibility index (Phi) is 9.53. The van der Waals surface area contributed by atoms with E-state index in [0.29, 0.717) is 52.6 Å². The van der Waals surface area contributed by atoms with Gasteiger partial charge in [-0.2, -0.15) is 5.10 Å². The Morgan fingerprint density at radius 3 is 2.78 bits per heavy atom. The number of hydrogen-bond donors (Lipinski definition) is 2. The lowest BCUT2D eigenvalue weighted by molar-refractivity contribution is -0.137. The SMILES string of the molecule is CCOC(=O)C(C=Nc1ccc(Cl)cc1-c1cc(=O)n(C2CCCC(C)C(=O)Nc3cnn(C)c3-c3ccnc2c3)cn1)=CN. The van der Waals surface area contributed by atoms with Crippen molar-refractivity contribution in [2.24, 2.45) is 23.7 Å². The summed E-state index contributed by atoms with van der Waals surface area (Å²) < 4.78 is 8.27. The molecule has 4 heterocycles. The Balaban J connectivity index is 1.54. The second-order valence-corrected chi connectivity index (χ2v) is 11.1. The lowest BCUT2D eigenvalue weighted by Gasteiger charge is -2.22. The Bertz CT molecular complexity index is 1860. The Morgan fingerprint density at radius 2 is 2.02 bits per heavy atom. The van der Waals surface area contributed by atoms with E-state index in [0.717, 1.165) is 17.5 Å². The van der Waals surface area contributed by atoms with Crippen LogP contribution in [0.3, 0.4) is 0 Å². The molecule has 45 heavy (non-hydrogen) atoms. The summed E-state index contributed by atoms with van der Waals surface area (Å²) in [6.45, 7) is 3.77. The van der Waals surface area contributed by atoms with Gasteiger partial charge in [0.1, 0.15) is 0 Å². The minimum atomic E-state index is -0.607. The van der Waals surface area contributed by atoms with Gasteiger partial charge in [-0.05, 0) is 50.1 Å². The number of anilines is 1. The number of ether oxygens (including phenoxy) is 1. The molecule has 4 aromatic rings. The third-order valence-corrected chi connectivity index (χ3v) is 7.83. The van der Waals surface area contributed by atoms with E-state index in [2.05, 4.69) is 25.4 Å². The lowest BCUT2D eigenvalue weighted by atomic mass is 9.97. The van der Waals surface area contributed by atoms with E-state index in [1.54, 1.807) is 46.8 Å². The maximum atomic E-state index is 13.7. The molecular formula is C32H33ClN8O4. The molecule has 0 fully saturated rings. The highest BCUT2D eigenvalue weighted by Crippen LogP contribution is 2.34. The van der Waals surface area contributed by atoms with Gasteiger partial charge in [-0.3, -0.25) is 28.8 Å². The normalized spacial score (nSPS) is 17.2. The standard InChI is InChI=1S/C32H33ClN8O4/c1-4-45-32(44)21(15-34)16-36-24-9-8-22(33)13-23(24)25-14-29(42)41(18-37-25)28-7-5-6-19(2)31(43)39-27-17-38-40(3)30(27)20-10-11-35-26(28)12-20/h8-19,28H,4-7,34H2,1-3H3,(H,39,43). The van der Waals surface area contributed by atoms with Crippen molar-refractivity contribution >= 4 is 41.1 Å². The van der Waals surface area contributed by atoms with Crippen LogP contribution < -0.4 is 16.6 Å². The van der Waals surface area contributed by atoms with Gasteiger partial charge in [0, 0.05) is 53.8 Å². The molecule has 0 saturated carbocycles. The second kappa shape index (κ2) is 13.7. The molecule has 1 aromatic carbocycles. The van der Waals surface area contributed by atoms with E-state index in [9.17, 15) is 14.4 Å². The molecule has 0 aliphatic carbocycles. The molecule has 0 saturated heterocycles. The van der Waals surface area contributed by atoms with Gasteiger partial charge in [0.2, 0.25) is 5.91 Å². The number of pyridine rings is 1. The fraction of sp³-hybridized carbons (Fsp3) is 0.281. The van der Waals surface area contributed by atoms with Crippen molar-refractivity contribution < 1.29 is 14.3 Å². The van der Waals surface area contributed by atoms with Crippen LogP contribution in [0.15, 0.2) is 76.7 Å². The van der Waals surface area contributed by atoms with Crippen molar-refractivity contribution in [3.63, 3.8) is 0 Å². The first-order chi connectivity index (χ1) is 21.7. The molecule has 1 amide bonds. The van der Waals surface area contributed by atoms with E-state index in [4.69, 9.17) is 22.1 Å². The van der Waals surface area contributed by atoms with E-state index in [-0.39, 0.29) is 29.6 Å². The number of hydrogen-bond acceptors (Lipinski definition) is 9. The van der Waals surface area contributed by atoms with Gasteiger partial charge in [0.25, 0.3) is 5.56 Å². The smallest absolute Gasteiger partial charge is 0.341 e. The molecule has 2 bridgehead atoms. The number of nitrogens with two attached hydrogens (primary N) is 1. The van der Waals surface area contributed by atoms with E-state index in [1.807, 2.05) is 26.1 Å². The van der Waals surface area contributed by atoms with Crippen LogP contribution in [0.2, 0.25) is 5.02 Å². The highest BCUT2D eigenvalue weighted by Gasteiger charge is 2.24. The van der Waals surface area contributed by atoms with E-state index >= 15 is 0 Å². The molecule has 1 aliphatic heterocycles. The first kappa shape index (κ1) is 31.3. The molecule has 1 aliphatic rings. The summed E-state index contributed by atoms with van der Waals surface area (Å²) in [7, 11) is 1.81. The van der Waals surface area contributed by atoms with E-state index < -0.39 is 12.0 Å². The Labute approximate surface area is 264 Å². The van der Waals surface area contributed by atoms with Crippen LogP contribution in [-0.2, 0) is 21.4 Å². The molecule has 12 nitrogen and oxygen atoms in total. The number of amides is 1. The zero-order valence-electron chi connectivity index (χ0n) is 25.1. The summed E-state index contributed by atoms with van der Waals surface area (Å²) in [5.41, 5.74) is 9.48. The summed E-state index contributed by atoms with van der Waals surface area (Å²) in [6, 6.07) is 9.70. The quantitative estimate of drug-likeness (QED) is 0.175. The maximum Gasteiger partial charge on any atom is 0.341 e. The van der Waals surface area contributed by atoms with Crippen LogP contribution >= 0.6 is 11.6 Å². The molecule has 0 radical (unpaired) electrons. The minimum absolute atomic E-state index is 0.0726. The van der Waals surface area contributed by atoms with Crippen LogP contribution in [-0.4, -0.2) is 49.0 Å². The third kappa shape index (κ3) is 6.86. The predicted octanol–water partition coefficient (Wildman–Crippen LogP) is 4.82. The second-order valence-electron chi connectivity index (χ2n) is 10.6. The van der Waals surface area contributed by atoms with Crippen molar-refractivity contribution in [3.05, 3.63) is 88.0 Å². The molecule has 2 atom stereocenters. The van der Waals surface area contributed by atoms with Gasteiger partial charge in [-0.25, -0.2) is 9.78 Å². The topological polar surface area (TPSA) is 159 Å². The predicted molar refractivity (Wildman–Crippen MR) is 172 cm³/mol. The highest BCUT2D eigenvalue weighted by molar-refractivity contribution is 6.31. The molecule has 232 valence electrons. The van der Waals surface area contributed by atoms with Crippen LogP contribution in [0.4, 0.5) is 11.4 Å². The van der Waals surface area contributed by atoms with Gasteiger partial charge >= 0.3 is 5.97 Å². The largest absolute Gasteiger partial charge is 0.462 e. The summed E-state index contributed by atoms with van der Waals surface area (Å²) in [4.78, 5) is 52.5. The Morgan fingerprint density at radius 1 is 1.20 bits per heavy atom. The zero-order chi connectivity index (χ0) is 32.1. The first-order valence-electron chi connectivity index (χ1n) is 14.5. The van der Waals surface area contributed by atoms with Gasteiger partial charge in [0.15, 0.2) is 0 Å². The number of carbonyl (C=O) groups is 2. The molecule has 3 N–H and O–H groups in total. The van der Waals surface area contributed by atoms with Crippen molar-refractivity contribution in [1.82, 2.24) is 24.3 Å². The highest BCUT2D eigenvalue weighted by atomic mass is 35.5. The maximum absolute atomic E-state index is 13.7. The number of aromatic nitrogens is 5. The van der Waals surface area contributed by atoms with Crippen LogP contribution in [0.25, 0.3) is 22.5 Å². The summed E-state index contributed by atoms with van der Waals surface area (Å²) >= 11 is 6.32. The number of aliphatic imine (C=N–C) groups is 1. The molecule has 0 spiro atoms. The summed E-state index contributed by atoms with van der Waals surface area (Å²) in [5.74, 6) is -0.943. The average Bonchev–Trinajstić information content (AvgIpc) is 3.39. The third-order valence-electron chi connectivity index (χ3n) is 7.59. The van der Waals surface area contributed by atoms with Crippen molar-refractivity contribution in [2.45, 2.75) is 39.2 Å². The lowest BCUT2D eigenvalue weighted by Crippen LogP contribution is -2.27. The number of rotatable bonds is 6. The molecule has 13 heteroatoms. The van der Waals surface area contributed by atoms with Gasteiger partial charge in [0.05, 0.1) is 59.2 Å². The first-order valence-corrected chi connectivity index (χ1v) is 14.9. The number of halogens is 1. The van der Waals surface area contributed by atoms with Crippen molar-refractivity contribution in [2.75, 3.05) is 11.9 Å². The number of aryl methyl sites for hydroxylation is 1. The zero-order valence-corrected chi connectivity index (χ0v) is 25.9. The number of carbonyl (C=O) groups excluding carboxylic acids is 2. The molecule has 2 unspecified atom stereocenters. The van der Waals surface area contributed by atoms with Gasteiger partial charge in [-0.15, -0.1) is 0 Å². The number of nitrogens with zero attached hydrogens (tertiary/aromatic N) is 6. The number of nitrogens with one attached hydrogen (secondary N) is 1. The number of esters is 1. The van der Waals surface area contributed by atoms with Crippen LogP contribution in [0.1, 0.15) is 44.8 Å². The van der Waals surface area contributed by atoms with Gasteiger partial charge < -0.3 is 15.8 Å². The fourth-order valence-corrected chi connectivity index (χ4v) is 5.39. The molecular weight excluding hydrogens is 596 g/mol. The fourth-order valence-electron chi connectivity index (χ4n) is 5.22. The minimum Gasteiger partial charge on any atom is -0.462 e. The van der Waals surface area contributed by atoms with E-state index in [1.165, 1.54) is 18.6 Å². The van der Waals surface area contributed by atoms with Crippen LogP contribution in [0, 0.1) is 5.92 Å². The van der Waals surface area contributed by atoms with Crippen molar-refractivity contribution in [1.29, 1.82) is 0 Å². The molecule has 3 aromatic heterocycles. The average molecular weight is 629 g/mol. The molecule has 5 rings (SSSR count). The summed E-state index contributed by atoms with van der Waals surface area (Å²) in [6.07, 6.45) is 9.07. The van der Waals surface area contributed by atoms with Gasteiger partial charge in [-0.1, -0.05) is 24.9 Å². The summed E-state index contributed by atoms with van der Waals surface area (Å²) in [5, 5.41) is 7.78.